The van der Waals surface area contributed by atoms with Crippen LogP contribution in [0.1, 0.15) is 0 Å². The summed E-state index contributed by atoms with van der Waals surface area (Å²) in [5.41, 5.74) is 0. The van der Waals surface area contributed by atoms with Crippen molar-refractivity contribution < 1.29 is 0 Å². The predicted molar refractivity (Wildman–Crippen MR) is 101 cm³/mol. The quantitative estimate of drug-likeness (QED) is 0.468. The molecule has 0 N–H and O–H groups in total. The summed E-state index contributed by atoms with van der Waals surface area (Å²) in [6, 6.07) is 32.7. The first-order valence-electron chi connectivity index (χ1n) is 6.67. The van der Waals surface area contributed by atoms with Crippen molar-refractivity contribution in [2.45, 2.75) is 0 Å². The number of rotatable bonds is 3. The molecule has 0 atom stereocenters. The molecule has 0 saturated carbocycles. The Morgan fingerprint density at radius 1 is 0.450 bits per heavy atom. The first kappa shape index (κ1) is 13.8. The van der Waals surface area contributed by atoms with Gasteiger partial charge >= 0.3 is 134 Å². The second-order valence-electron chi connectivity index (χ2n) is 4.76. The zero-order valence-corrected chi connectivity index (χ0v) is 14.2. The summed E-state index contributed by atoms with van der Waals surface area (Å²) in [4.78, 5) is -1.91. The molecule has 100 valence electrons. The summed E-state index contributed by atoms with van der Waals surface area (Å²) in [6.45, 7) is 0. The van der Waals surface area contributed by atoms with Crippen molar-refractivity contribution in [3.8, 4) is 0 Å². The van der Waals surface area contributed by atoms with Gasteiger partial charge in [0.25, 0.3) is 0 Å². The van der Waals surface area contributed by atoms with Gasteiger partial charge in [-0.1, -0.05) is 0 Å². The molecule has 0 aromatic heterocycles. The van der Waals surface area contributed by atoms with Crippen molar-refractivity contribution in [2.75, 3.05) is 0 Å². The molecule has 0 bridgehead atoms. The van der Waals surface area contributed by atoms with Gasteiger partial charge in [0.15, 0.2) is 0 Å². The topological polar surface area (TPSA) is 0 Å². The van der Waals surface area contributed by atoms with E-state index in [1.54, 1.807) is 0 Å². The Morgan fingerprint density at radius 2 is 0.700 bits per heavy atom. The Kier molecular flexibility index (Phi) is 4.18. The first-order chi connectivity index (χ1) is 9.82. The van der Waals surface area contributed by atoms with Crippen molar-refractivity contribution in [3.63, 3.8) is 0 Å². The van der Waals surface area contributed by atoms with E-state index in [1.807, 2.05) is 0 Å². The third-order valence-corrected chi connectivity index (χ3v) is 12.5. The third kappa shape index (κ3) is 2.53. The molecule has 0 heterocycles. The van der Waals surface area contributed by atoms with Gasteiger partial charge in [0.05, 0.1) is 0 Å². The van der Waals surface area contributed by atoms with Crippen LogP contribution in [0.5, 0.6) is 0 Å². The Hall–Kier alpha value is -1.18. The molecular weight excluding hydrogens is 374 g/mol. The minimum atomic E-state index is -1.91. The first-order valence-corrected chi connectivity index (χ1v) is 11.8. The van der Waals surface area contributed by atoms with Gasteiger partial charge < -0.3 is 0 Å². The van der Waals surface area contributed by atoms with E-state index in [9.17, 15) is 0 Å². The van der Waals surface area contributed by atoms with E-state index >= 15 is 0 Å². The van der Waals surface area contributed by atoms with Gasteiger partial charge in [-0.2, -0.15) is 0 Å². The van der Waals surface area contributed by atoms with E-state index < -0.39 is 4.90 Å². The summed E-state index contributed by atoms with van der Waals surface area (Å²) >= 11 is 2.71. The molecule has 2 heteroatoms. The van der Waals surface area contributed by atoms with Gasteiger partial charge in [-0.3, -0.25) is 0 Å². The Morgan fingerprint density at radius 3 is 0.950 bits per heavy atom. The molecule has 0 amide bonds. The van der Waals surface area contributed by atoms with Crippen LogP contribution < -0.4 is 15.9 Å². The van der Waals surface area contributed by atoms with E-state index in [0.717, 1.165) is 0 Å². The van der Waals surface area contributed by atoms with Gasteiger partial charge in [-0.15, -0.1) is 0 Å². The van der Waals surface area contributed by atoms with Crippen LogP contribution >= 0.6 is 26.9 Å². The average molecular weight is 390 g/mol. The molecule has 0 unspecified atom stereocenters. The fourth-order valence-electron chi connectivity index (χ4n) is 2.50. The third-order valence-electron chi connectivity index (χ3n) is 3.51. The van der Waals surface area contributed by atoms with Crippen LogP contribution in [0.4, 0.5) is 0 Å². The molecule has 0 radical (unpaired) electrons. The van der Waals surface area contributed by atoms with Crippen LogP contribution in [0.25, 0.3) is 0 Å². The number of halogens is 1. The second kappa shape index (κ2) is 6.07. The number of hydrogen-bond donors (Lipinski definition) is 0. The van der Waals surface area contributed by atoms with Crippen molar-refractivity contribution in [3.05, 3.63) is 91.0 Å². The van der Waals surface area contributed by atoms with Crippen LogP contribution in [0, 0.1) is 0 Å². The van der Waals surface area contributed by atoms with E-state index in [2.05, 4.69) is 113 Å². The monoisotopic (exact) mass is 390 g/mol. The summed E-state index contributed by atoms with van der Waals surface area (Å²) < 4.78 is 0. The molecule has 3 aromatic carbocycles. The minimum absolute atomic E-state index is 1.44. The van der Waals surface area contributed by atoms with Gasteiger partial charge in [0.2, 0.25) is 0 Å². The molecule has 0 aliphatic heterocycles. The zero-order valence-electron chi connectivity index (χ0n) is 11.0. The molecule has 0 nitrogen and oxygen atoms in total. The molecule has 0 aliphatic rings. The molecule has 0 fully saturated rings. The Labute approximate surface area is 133 Å². The normalized spacial score (nSPS) is 12.1. The standard InChI is InChI=1S/C18H16IP/c19-20(16-10-4-1-5-11-16,17-12-6-2-7-13-17)18-14-8-3-9-15-18/h1-15,20H. The van der Waals surface area contributed by atoms with E-state index in [-0.39, 0.29) is 0 Å². The van der Waals surface area contributed by atoms with E-state index in [0.29, 0.717) is 0 Å². The maximum absolute atomic E-state index is 2.71. The zero-order chi connectivity index (χ0) is 13.8. The van der Waals surface area contributed by atoms with Crippen LogP contribution in [0.3, 0.4) is 0 Å². The summed E-state index contributed by atoms with van der Waals surface area (Å²) in [6.07, 6.45) is 0. The van der Waals surface area contributed by atoms with Crippen molar-refractivity contribution >= 4 is 42.9 Å². The van der Waals surface area contributed by atoms with E-state index in [4.69, 9.17) is 0 Å². The molecular formula is C18H16IP. The summed E-state index contributed by atoms with van der Waals surface area (Å²) in [5.74, 6) is 0. The van der Waals surface area contributed by atoms with Crippen molar-refractivity contribution in [1.82, 2.24) is 0 Å². The Balaban J connectivity index is 2.24. The average Bonchev–Trinajstić information content (AvgIpc) is 2.56. The van der Waals surface area contributed by atoms with E-state index in [1.165, 1.54) is 15.9 Å². The second-order valence-corrected chi connectivity index (χ2v) is 12.7. The molecule has 3 rings (SSSR count). The molecule has 0 saturated heterocycles. The van der Waals surface area contributed by atoms with Gasteiger partial charge in [-0.25, -0.2) is 0 Å². The van der Waals surface area contributed by atoms with Gasteiger partial charge in [0.1, 0.15) is 0 Å². The van der Waals surface area contributed by atoms with Gasteiger partial charge in [0, 0.05) is 0 Å². The van der Waals surface area contributed by atoms with Crippen molar-refractivity contribution in [1.29, 1.82) is 0 Å². The van der Waals surface area contributed by atoms with Crippen molar-refractivity contribution in [2.24, 2.45) is 0 Å². The number of benzene rings is 3. The fraction of sp³-hybridized carbons (Fsp3) is 0. The molecule has 0 spiro atoms. The predicted octanol–water partition coefficient (Wildman–Crippen LogP) is 4.06. The number of hydrogen-bond acceptors (Lipinski definition) is 0. The molecule has 0 aliphatic carbocycles. The van der Waals surface area contributed by atoms with Crippen LogP contribution in [-0.4, -0.2) is 0 Å². The maximum atomic E-state index is 2.71. The molecule has 20 heavy (non-hydrogen) atoms. The van der Waals surface area contributed by atoms with Crippen LogP contribution in [0.15, 0.2) is 91.0 Å². The van der Waals surface area contributed by atoms with Gasteiger partial charge in [-0.05, 0) is 0 Å². The summed E-state index contributed by atoms with van der Waals surface area (Å²) in [7, 11) is 0. The molecule has 3 aromatic rings. The SMILES string of the molecule is I[PH](c1ccccc1)(c1ccccc1)c1ccccc1. The van der Waals surface area contributed by atoms with Crippen LogP contribution in [-0.2, 0) is 0 Å². The fourth-order valence-corrected chi connectivity index (χ4v) is 8.70. The summed E-state index contributed by atoms with van der Waals surface area (Å²) in [5, 5.41) is 4.33. The van der Waals surface area contributed by atoms with Crippen LogP contribution in [0.2, 0.25) is 0 Å². The Bertz CT molecular complexity index is 569.